The molecule has 0 atom stereocenters. The van der Waals surface area contributed by atoms with Crippen LogP contribution in [0.4, 0.5) is 13.2 Å². The minimum Gasteiger partial charge on any atom is -0.545 e. The second-order valence-corrected chi connectivity index (χ2v) is 2.66. The molecule has 6 heteroatoms. The van der Waals surface area contributed by atoms with E-state index in [4.69, 9.17) is 0 Å². The van der Waals surface area contributed by atoms with Gasteiger partial charge in [0.15, 0.2) is 0 Å². The maximum absolute atomic E-state index is 12.3. The van der Waals surface area contributed by atoms with Crippen LogP contribution in [0, 0.1) is 6.92 Å². The molecule has 0 spiro atoms. The third-order valence-corrected chi connectivity index (χ3v) is 1.57. The number of aromatic nitrogens is 1. The molecule has 14 heavy (non-hydrogen) atoms. The van der Waals surface area contributed by atoms with Crippen molar-refractivity contribution in [2.45, 2.75) is 13.1 Å². The minimum absolute atomic E-state index is 0.0994. The average Bonchev–Trinajstić information content (AvgIpc) is 2.01. The van der Waals surface area contributed by atoms with E-state index in [2.05, 4.69) is 4.98 Å². The van der Waals surface area contributed by atoms with Crippen molar-refractivity contribution in [2.24, 2.45) is 0 Å². The van der Waals surface area contributed by atoms with E-state index in [1.54, 1.807) is 0 Å². The molecule has 0 aliphatic carbocycles. The number of carbonyl (C=O) groups excluding carboxylic acids is 1. The van der Waals surface area contributed by atoms with Crippen LogP contribution in [-0.4, -0.2) is 11.0 Å². The molecule has 0 aliphatic rings. The summed E-state index contributed by atoms with van der Waals surface area (Å²) < 4.78 is 36.8. The minimum atomic E-state index is -4.71. The summed E-state index contributed by atoms with van der Waals surface area (Å²) in [5.74, 6) is -1.88. The van der Waals surface area contributed by atoms with E-state index >= 15 is 0 Å². The Hall–Kier alpha value is -1.59. The summed E-state index contributed by atoms with van der Waals surface area (Å²) in [5, 5.41) is 10.3. The Bertz CT molecular complexity index is 373. The zero-order chi connectivity index (χ0) is 10.9. The van der Waals surface area contributed by atoms with Gasteiger partial charge in [0.25, 0.3) is 0 Å². The summed E-state index contributed by atoms with van der Waals surface area (Å²) in [6.45, 7) is 1.34. The lowest BCUT2D eigenvalue weighted by Crippen LogP contribution is -2.26. The Kier molecular flexibility index (Phi) is 2.46. The molecule has 0 saturated carbocycles. The van der Waals surface area contributed by atoms with Crippen LogP contribution in [-0.2, 0) is 6.18 Å². The zero-order valence-corrected chi connectivity index (χ0v) is 7.05. The molecule has 0 amide bonds. The number of carboxylic acid groups (broad SMARTS) is 1. The number of halogens is 3. The first-order chi connectivity index (χ1) is 6.32. The molecule has 0 fully saturated rings. The number of rotatable bonds is 1. The average molecular weight is 204 g/mol. The number of nitrogens with zero attached hydrogens (tertiary/aromatic N) is 1. The predicted octanol–water partition coefficient (Wildman–Crippen LogP) is 0.772. The highest BCUT2D eigenvalue weighted by Crippen LogP contribution is 2.31. The Labute approximate surface area is 77.2 Å². The van der Waals surface area contributed by atoms with Crippen molar-refractivity contribution >= 4 is 5.97 Å². The Morgan fingerprint density at radius 1 is 1.50 bits per heavy atom. The van der Waals surface area contributed by atoms with Gasteiger partial charge < -0.3 is 9.90 Å². The van der Waals surface area contributed by atoms with E-state index in [-0.39, 0.29) is 5.69 Å². The largest absolute Gasteiger partial charge is 0.545 e. The highest BCUT2D eigenvalue weighted by atomic mass is 19.4. The third kappa shape index (κ3) is 2.01. The maximum atomic E-state index is 12.3. The molecule has 0 N–H and O–H groups in total. The molecule has 76 valence electrons. The number of hydrogen-bond donors (Lipinski definition) is 0. The van der Waals surface area contributed by atoms with Crippen molar-refractivity contribution < 1.29 is 23.1 Å². The molecule has 1 aromatic rings. The van der Waals surface area contributed by atoms with E-state index in [9.17, 15) is 23.1 Å². The normalized spacial score (nSPS) is 11.4. The second-order valence-electron chi connectivity index (χ2n) is 2.66. The molecule has 1 rings (SSSR count). The lowest BCUT2D eigenvalue weighted by Gasteiger charge is -2.13. The molecule has 1 aromatic heterocycles. The first kappa shape index (κ1) is 10.5. The maximum Gasteiger partial charge on any atom is 0.417 e. The summed E-state index contributed by atoms with van der Waals surface area (Å²) >= 11 is 0. The number of carbonyl (C=O) groups is 1. The zero-order valence-electron chi connectivity index (χ0n) is 7.05. The van der Waals surface area contributed by atoms with E-state index in [1.807, 2.05) is 0 Å². The van der Waals surface area contributed by atoms with Gasteiger partial charge in [0.2, 0.25) is 0 Å². The van der Waals surface area contributed by atoms with Gasteiger partial charge in [0.05, 0.1) is 11.5 Å². The van der Waals surface area contributed by atoms with Crippen molar-refractivity contribution in [1.29, 1.82) is 0 Å². The van der Waals surface area contributed by atoms with Gasteiger partial charge in [-0.1, -0.05) is 0 Å². The summed E-state index contributed by atoms with van der Waals surface area (Å²) in [4.78, 5) is 13.8. The molecule has 0 aromatic carbocycles. The number of pyridine rings is 1. The summed E-state index contributed by atoms with van der Waals surface area (Å²) in [6.07, 6.45) is -4.06. The first-order valence-electron chi connectivity index (χ1n) is 3.57. The topological polar surface area (TPSA) is 53.0 Å². The van der Waals surface area contributed by atoms with Crippen LogP contribution in [0.3, 0.4) is 0 Å². The van der Waals surface area contributed by atoms with Gasteiger partial charge in [-0.15, -0.1) is 0 Å². The standard InChI is InChI=1S/C8H6F3NO2/c1-4-2-6(8(9,10)11)5(3-12-4)7(13)14/h2-3H,1H3,(H,13,14)/p-1. The van der Waals surface area contributed by atoms with Crippen molar-refractivity contribution in [3.05, 3.63) is 29.1 Å². The second kappa shape index (κ2) is 3.28. The third-order valence-electron chi connectivity index (χ3n) is 1.57. The fraction of sp³-hybridized carbons (Fsp3) is 0.250. The van der Waals surface area contributed by atoms with Crippen molar-refractivity contribution in [3.63, 3.8) is 0 Å². The van der Waals surface area contributed by atoms with Crippen molar-refractivity contribution in [2.75, 3.05) is 0 Å². The molecule has 0 bridgehead atoms. The Morgan fingerprint density at radius 2 is 2.07 bits per heavy atom. The van der Waals surface area contributed by atoms with Crippen LogP contribution < -0.4 is 5.11 Å². The fourth-order valence-corrected chi connectivity index (χ4v) is 0.957. The van der Waals surface area contributed by atoms with Crippen LogP contribution in [0.1, 0.15) is 21.6 Å². The van der Waals surface area contributed by atoms with Crippen LogP contribution in [0.2, 0.25) is 0 Å². The van der Waals surface area contributed by atoms with Crippen LogP contribution in [0.15, 0.2) is 12.3 Å². The van der Waals surface area contributed by atoms with Gasteiger partial charge in [-0.05, 0) is 13.0 Å². The Morgan fingerprint density at radius 3 is 2.50 bits per heavy atom. The SMILES string of the molecule is Cc1cc(C(F)(F)F)c(C(=O)[O-])cn1. The fourth-order valence-electron chi connectivity index (χ4n) is 0.957. The molecular formula is C8H5F3NO2-. The van der Waals surface area contributed by atoms with Crippen molar-refractivity contribution in [1.82, 2.24) is 4.98 Å². The van der Waals surface area contributed by atoms with Crippen molar-refractivity contribution in [3.8, 4) is 0 Å². The summed E-state index contributed by atoms with van der Waals surface area (Å²) in [7, 11) is 0. The van der Waals surface area contributed by atoms with E-state index in [0.29, 0.717) is 12.3 Å². The Balaban J connectivity index is 3.38. The number of alkyl halides is 3. The first-order valence-corrected chi connectivity index (χ1v) is 3.57. The van der Waals surface area contributed by atoms with E-state index < -0.39 is 23.3 Å². The monoisotopic (exact) mass is 204 g/mol. The van der Waals surface area contributed by atoms with Gasteiger partial charge in [-0.25, -0.2) is 0 Å². The lowest BCUT2D eigenvalue weighted by atomic mass is 10.1. The van der Waals surface area contributed by atoms with Gasteiger partial charge >= 0.3 is 6.18 Å². The summed E-state index contributed by atoms with van der Waals surface area (Å²) in [6, 6.07) is 0.672. The molecular weight excluding hydrogens is 199 g/mol. The van der Waals surface area contributed by atoms with Crippen LogP contribution >= 0.6 is 0 Å². The molecule has 3 nitrogen and oxygen atoms in total. The number of hydrogen-bond acceptors (Lipinski definition) is 3. The molecule has 0 aliphatic heterocycles. The highest BCUT2D eigenvalue weighted by molar-refractivity contribution is 5.87. The lowest BCUT2D eigenvalue weighted by molar-refractivity contribution is -0.255. The number of aryl methyl sites for hydroxylation is 1. The molecule has 0 saturated heterocycles. The molecule has 0 unspecified atom stereocenters. The van der Waals surface area contributed by atoms with Crippen LogP contribution in [0.5, 0.6) is 0 Å². The quantitative estimate of drug-likeness (QED) is 0.678. The smallest absolute Gasteiger partial charge is 0.417 e. The van der Waals surface area contributed by atoms with E-state index in [1.165, 1.54) is 6.92 Å². The predicted molar refractivity (Wildman–Crippen MR) is 38.3 cm³/mol. The van der Waals surface area contributed by atoms with Gasteiger partial charge in [0, 0.05) is 17.5 Å². The van der Waals surface area contributed by atoms with Gasteiger partial charge in [-0.2, -0.15) is 13.2 Å². The number of carboxylic acids is 1. The van der Waals surface area contributed by atoms with Gasteiger partial charge in [-0.3, -0.25) is 4.98 Å². The van der Waals surface area contributed by atoms with Crippen LogP contribution in [0.25, 0.3) is 0 Å². The molecule has 0 radical (unpaired) electrons. The highest BCUT2D eigenvalue weighted by Gasteiger charge is 2.33. The van der Waals surface area contributed by atoms with Gasteiger partial charge in [0.1, 0.15) is 0 Å². The summed E-state index contributed by atoms with van der Waals surface area (Å²) in [5.41, 5.74) is -2.07. The molecule has 1 heterocycles. The number of aromatic carboxylic acids is 1. The van der Waals surface area contributed by atoms with E-state index in [0.717, 1.165) is 0 Å².